The Hall–Kier alpha value is -2.48. The number of rotatable bonds is 6. The third-order valence-corrected chi connectivity index (χ3v) is 4.48. The number of thiophene rings is 1. The van der Waals surface area contributed by atoms with E-state index in [1.54, 1.807) is 15.9 Å². The first-order valence-electron chi connectivity index (χ1n) is 7.74. The van der Waals surface area contributed by atoms with Crippen LogP contribution >= 0.6 is 11.3 Å². The summed E-state index contributed by atoms with van der Waals surface area (Å²) in [5, 5.41) is 15.0. The first-order valence-corrected chi connectivity index (χ1v) is 8.62. The third kappa shape index (κ3) is 3.23. The second-order valence-corrected chi connectivity index (χ2v) is 6.44. The molecule has 0 aliphatic heterocycles. The quantitative estimate of drug-likeness (QED) is 0.639. The third-order valence-electron chi connectivity index (χ3n) is 3.62. The fourth-order valence-corrected chi connectivity index (χ4v) is 3.10. The molecule has 7 nitrogen and oxygen atoms in total. The minimum absolute atomic E-state index is 0.200. The van der Waals surface area contributed by atoms with E-state index in [0.717, 1.165) is 10.7 Å². The normalized spacial score (nSPS) is 12.3. The number of esters is 1. The first-order chi connectivity index (χ1) is 11.6. The Balaban J connectivity index is 1.84. The summed E-state index contributed by atoms with van der Waals surface area (Å²) in [5.74, 6) is 1.03. The van der Waals surface area contributed by atoms with Crippen molar-refractivity contribution in [3.05, 3.63) is 29.6 Å². The summed E-state index contributed by atoms with van der Waals surface area (Å²) in [6.45, 7) is 4.57. The number of carbonyl (C=O) groups excluding carboxylic acids is 1. The van der Waals surface area contributed by atoms with E-state index >= 15 is 0 Å². The molecule has 0 aromatic carbocycles. The van der Waals surface area contributed by atoms with Crippen molar-refractivity contribution in [1.29, 1.82) is 0 Å². The van der Waals surface area contributed by atoms with E-state index in [9.17, 15) is 4.79 Å². The maximum absolute atomic E-state index is 11.8. The van der Waals surface area contributed by atoms with Crippen molar-refractivity contribution < 1.29 is 9.53 Å². The molecule has 3 aromatic heterocycles. The van der Waals surface area contributed by atoms with Crippen molar-refractivity contribution in [2.24, 2.45) is 5.92 Å². The second-order valence-electron chi connectivity index (χ2n) is 5.50. The van der Waals surface area contributed by atoms with Gasteiger partial charge in [0.05, 0.1) is 17.4 Å². The van der Waals surface area contributed by atoms with Gasteiger partial charge >= 0.3 is 5.97 Å². The molecule has 0 aliphatic carbocycles. The van der Waals surface area contributed by atoms with E-state index in [-0.39, 0.29) is 11.9 Å². The van der Waals surface area contributed by atoms with Crippen molar-refractivity contribution in [2.75, 3.05) is 25.1 Å². The number of hydrogen-bond acceptors (Lipinski definition) is 7. The Bertz CT molecular complexity index is 830. The SMILES string of the molecule is CCOC(=O)C(C)CN(C)c1ccc2nnc(-c3cccs3)n2n1. The molecular weight excluding hydrogens is 326 g/mol. The van der Waals surface area contributed by atoms with Crippen LogP contribution in [-0.2, 0) is 9.53 Å². The number of nitrogens with zero attached hydrogens (tertiary/aromatic N) is 5. The number of fused-ring (bicyclic) bond motifs is 1. The van der Waals surface area contributed by atoms with E-state index in [1.165, 1.54) is 0 Å². The molecule has 3 rings (SSSR count). The fraction of sp³-hybridized carbons (Fsp3) is 0.375. The largest absolute Gasteiger partial charge is 0.466 e. The highest BCUT2D eigenvalue weighted by Crippen LogP contribution is 2.23. The van der Waals surface area contributed by atoms with Crippen molar-refractivity contribution in [2.45, 2.75) is 13.8 Å². The lowest BCUT2D eigenvalue weighted by molar-refractivity contribution is -0.147. The summed E-state index contributed by atoms with van der Waals surface area (Å²) in [7, 11) is 1.90. The smallest absolute Gasteiger partial charge is 0.310 e. The van der Waals surface area contributed by atoms with Gasteiger partial charge in [-0.1, -0.05) is 13.0 Å². The van der Waals surface area contributed by atoms with Gasteiger partial charge in [-0.25, -0.2) is 0 Å². The van der Waals surface area contributed by atoms with Gasteiger partial charge in [-0.3, -0.25) is 4.79 Å². The minimum atomic E-state index is -0.231. The molecule has 0 bridgehead atoms. The standard InChI is InChI=1S/C16H19N5O2S/c1-4-23-16(22)11(2)10-20(3)14-8-7-13-17-18-15(21(13)19-14)12-6-5-9-24-12/h5-9,11H,4,10H2,1-3H3. The van der Waals surface area contributed by atoms with Crippen LogP contribution in [0, 0.1) is 5.92 Å². The van der Waals surface area contributed by atoms with E-state index in [0.29, 0.717) is 24.6 Å². The zero-order valence-corrected chi connectivity index (χ0v) is 14.7. The van der Waals surface area contributed by atoms with Gasteiger partial charge in [0, 0.05) is 13.6 Å². The zero-order chi connectivity index (χ0) is 17.1. The molecule has 3 heterocycles. The zero-order valence-electron chi connectivity index (χ0n) is 13.8. The topological polar surface area (TPSA) is 72.6 Å². The Labute approximate surface area is 143 Å². The number of ether oxygens (including phenoxy) is 1. The lowest BCUT2D eigenvalue weighted by Crippen LogP contribution is -2.30. The lowest BCUT2D eigenvalue weighted by Gasteiger charge is -2.21. The van der Waals surface area contributed by atoms with Gasteiger partial charge in [0.2, 0.25) is 0 Å². The van der Waals surface area contributed by atoms with Crippen LogP contribution in [0.5, 0.6) is 0 Å². The minimum Gasteiger partial charge on any atom is -0.466 e. The van der Waals surface area contributed by atoms with Crippen LogP contribution in [0.2, 0.25) is 0 Å². The summed E-state index contributed by atoms with van der Waals surface area (Å²) in [6.07, 6.45) is 0. The lowest BCUT2D eigenvalue weighted by atomic mass is 10.2. The van der Waals surface area contributed by atoms with Crippen LogP contribution in [0.3, 0.4) is 0 Å². The van der Waals surface area contributed by atoms with Crippen molar-refractivity contribution >= 4 is 28.8 Å². The van der Waals surface area contributed by atoms with Crippen LogP contribution in [0.25, 0.3) is 16.3 Å². The Morgan fingerprint density at radius 1 is 1.38 bits per heavy atom. The monoisotopic (exact) mass is 345 g/mol. The fourth-order valence-electron chi connectivity index (χ4n) is 2.41. The molecule has 0 N–H and O–H groups in total. The van der Waals surface area contributed by atoms with E-state index < -0.39 is 0 Å². The van der Waals surface area contributed by atoms with Crippen LogP contribution in [0.15, 0.2) is 29.6 Å². The maximum Gasteiger partial charge on any atom is 0.310 e. The molecule has 1 unspecified atom stereocenters. The highest BCUT2D eigenvalue weighted by Gasteiger charge is 2.18. The summed E-state index contributed by atoms with van der Waals surface area (Å²) in [4.78, 5) is 14.7. The van der Waals surface area contributed by atoms with Crippen LogP contribution in [0.4, 0.5) is 5.82 Å². The van der Waals surface area contributed by atoms with Gasteiger partial charge in [0.25, 0.3) is 0 Å². The van der Waals surface area contributed by atoms with E-state index in [4.69, 9.17) is 4.74 Å². The van der Waals surface area contributed by atoms with Crippen molar-refractivity contribution in [1.82, 2.24) is 19.8 Å². The Kier molecular flexibility index (Phi) is 4.75. The molecule has 126 valence electrons. The summed E-state index contributed by atoms with van der Waals surface area (Å²) in [6, 6.07) is 7.71. The molecule has 0 spiro atoms. The number of hydrogen-bond donors (Lipinski definition) is 0. The van der Waals surface area contributed by atoms with Gasteiger partial charge in [-0.15, -0.1) is 26.6 Å². The van der Waals surface area contributed by atoms with Crippen LogP contribution in [0.1, 0.15) is 13.8 Å². The van der Waals surface area contributed by atoms with E-state index in [1.807, 2.05) is 55.4 Å². The maximum atomic E-state index is 11.8. The van der Waals surface area contributed by atoms with Crippen LogP contribution < -0.4 is 4.90 Å². The van der Waals surface area contributed by atoms with Gasteiger partial charge < -0.3 is 9.64 Å². The first kappa shape index (κ1) is 16.4. The van der Waals surface area contributed by atoms with Gasteiger partial charge in [0.1, 0.15) is 5.82 Å². The molecule has 3 aromatic rings. The molecule has 0 fully saturated rings. The molecule has 0 saturated heterocycles. The average Bonchev–Trinajstić information content (AvgIpc) is 3.23. The molecule has 0 amide bonds. The number of aromatic nitrogens is 4. The molecule has 24 heavy (non-hydrogen) atoms. The molecule has 8 heteroatoms. The summed E-state index contributed by atoms with van der Waals surface area (Å²) in [5.41, 5.74) is 0.689. The molecule has 0 radical (unpaired) electrons. The Morgan fingerprint density at radius 2 is 2.21 bits per heavy atom. The molecular formula is C16H19N5O2S. The average molecular weight is 345 g/mol. The van der Waals surface area contributed by atoms with Crippen LogP contribution in [-0.4, -0.2) is 46.0 Å². The predicted octanol–water partition coefficient (Wildman–Crippen LogP) is 2.49. The predicted molar refractivity (Wildman–Crippen MR) is 93.2 cm³/mol. The Morgan fingerprint density at radius 3 is 2.92 bits per heavy atom. The van der Waals surface area contributed by atoms with Gasteiger partial charge in [0.15, 0.2) is 11.5 Å². The second kappa shape index (κ2) is 6.96. The number of carbonyl (C=O) groups is 1. The number of anilines is 1. The molecule has 0 saturated carbocycles. The summed E-state index contributed by atoms with van der Waals surface area (Å²) < 4.78 is 6.79. The van der Waals surface area contributed by atoms with E-state index in [2.05, 4.69) is 15.3 Å². The highest BCUT2D eigenvalue weighted by molar-refractivity contribution is 7.13. The highest BCUT2D eigenvalue weighted by atomic mass is 32.1. The molecule has 1 atom stereocenters. The van der Waals surface area contributed by atoms with Crippen molar-refractivity contribution in [3.8, 4) is 10.7 Å². The van der Waals surface area contributed by atoms with Gasteiger partial charge in [-0.05, 0) is 30.5 Å². The summed E-state index contributed by atoms with van der Waals surface area (Å²) >= 11 is 1.59. The van der Waals surface area contributed by atoms with Gasteiger partial charge in [-0.2, -0.15) is 4.52 Å². The molecule has 0 aliphatic rings. The van der Waals surface area contributed by atoms with Crippen molar-refractivity contribution in [3.63, 3.8) is 0 Å².